The number of aromatic nitrogens is 1. The number of nitrogens with zero attached hydrogens (tertiary/aromatic N) is 2. The topological polar surface area (TPSA) is 51.4 Å². The Hall–Kier alpha value is -1.13. The molecule has 1 aromatic heterocycles. The molecule has 4 nitrogen and oxygen atoms in total. The Kier molecular flexibility index (Phi) is 3.97. The molecule has 1 fully saturated rings. The first-order valence-corrected chi connectivity index (χ1v) is 6.18. The average Bonchev–Trinajstić information content (AvgIpc) is 2.82. The van der Waals surface area contributed by atoms with Crippen LogP contribution in [0, 0.1) is 6.92 Å². The first kappa shape index (κ1) is 12.3. The highest BCUT2D eigenvalue weighted by Gasteiger charge is 2.22. The van der Waals surface area contributed by atoms with Crippen molar-refractivity contribution in [3.63, 3.8) is 0 Å². The first-order chi connectivity index (χ1) is 8.22. The van der Waals surface area contributed by atoms with Gasteiger partial charge >= 0.3 is 0 Å². The summed E-state index contributed by atoms with van der Waals surface area (Å²) in [5, 5.41) is 0. The van der Waals surface area contributed by atoms with Crippen molar-refractivity contribution in [1.82, 2.24) is 4.98 Å². The van der Waals surface area contributed by atoms with E-state index in [1.54, 1.807) is 0 Å². The van der Waals surface area contributed by atoms with Crippen LogP contribution in [0.1, 0.15) is 17.5 Å². The lowest BCUT2D eigenvalue weighted by Gasteiger charge is -2.26. The largest absolute Gasteiger partial charge is 0.379 e. The Balaban J connectivity index is 2.14. The number of hydrogen-bond donors (Lipinski definition) is 1. The highest BCUT2D eigenvalue weighted by Crippen LogP contribution is 2.22. The van der Waals surface area contributed by atoms with Crippen molar-refractivity contribution in [1.29, 1.82) is 0 Å². The summed E-state index contributed by atoms with van der Waals surface area (Å²) in [6, 6.07) is 2.64. The maximum atomic E-state index is 5.55. The zero-order valence-electron chi connectivity index (χ0n) is 10.6. The molecule has 0 bridgehead atoms. The number of aryl methyl sites for hydroxylation is 1. The summed E-state index contributed by atoms with van der Waals surface area (Å²) in [6.45, 7) is 4.45. The Morgan fingerprint density at radius 3 is 3.00 bits per heavy atom. The number of nitrogens with two attached hydrogens (primary N) is 1. The monoisotopic (exact) mass is 235 g/mol. The zero-order chi connectivity index (χ0) is 12.3. The molecule has 1 aromatic rings. The number of pyridine rings is 1. The molecule has 0 amide bonds. The number of ether oxygens (including phenoxy) is 1. The third-order valence-electron chi connectivity index (χ3n) is 3.33. The van der Waals surface area contributed by atoms with Gasteiger partial charge < -0.3 is 15.4 Å². The van der Waals surface area contributed by atoms with Gasteiger partial charge in [-0.3, -0.25) is 0 Å². The van der Waals surface area contributed by atoms with Gasteiger partial charge in [0, 0.05) is 19.9 Å². The summed E-state index contributed by atoms with van der Waals surface area (Å²) < 4.78 is 5.42. The molecule has 1 saturated heterocycles. The molecule has 4 heteroatoms. The van der Waals surface area contributed by atoms with Crippen molar-refractivity contribution in [2.45, 2.75) is 25.8 Å². The van der Waals surface area contributed by atoms with Gasteiger partial charge in [0.25, 0.3) is 0 Å². The van der Waals surface area contributed by atoms with Crippen molar-refractivity contribution in [2.24, 2.45) is 5.73 Å². The van der Waals surface area contributed by atoms with E-state index in [-0.39, 0.29) is 0 Å². The van der Waals surface area contributed by atoms with Crippen molar-refractivity contribution in [3.05, 3.63) is 23.4 Å². The first-order valence-electron chi connectivity index (χ1n) is 6.18. The molecule has 0 aromatic carbocycles. The standard InChI is InChI=1S/C13H21N3O/c1-10-7-11(3-5-14)8-15-13(10)16(2)12-4-6-17-9-12/h7-8,12H,3-6,9,14H2,1-2H3. The normalized spacial score (nSPS) is 19.6. The van der Waals surface area contributed by atoms with Crippen LogP contribution in [-0.4, -0.2) is 37.8 Å². The second-order valence-electron chi connectivity index (χ2n) is 4.65. The van der Waals surface area contributed by atoms with Gasteiger partial charge in [0.05, 0.1) is 12.6 Å². The molecule has 94 valence electrons. The summed E-state index contributed by atoms with van der Waals surface area (Å²) in [6.07, 6.45) is 3.91. The molecule has 2 heterocycles. The summed E-state index contributed by atoms with van der Waals surface area (Å²) >= 11 is 0. The quantitative estimate of drug-likeness (QED) is 0.849. The lowest BCUT2D eigenvalue weighted by molar-refractivity contribution is 0.193. The molecule has 1 unspecified atom stereocenters. The molecular formula is C13H21N3O. The van der Waals surface area contributed by atoms with Crippen LogP contribution >= 0.6 is 0 Å². The van der Waals surface area contributed by atoms with Gasteiger partial charge in [-0.15, -0.1) is 0 Å². The molecule has 0 saturated carbocycles. The molecule has 2 N–H and O–H groups in total. The van der Waals surface area contributed by atoms with E-state index in [1.165, 1.54) is 11.1 Å². The van der Waals surface area contributed by atoms with Gasteiger partial charge in [0.2, 0.25) is 0 Å². The van der Waals surface area contributed by atoms with Crippen LogP contribution in [0.15, 0.2) is 12.3 Å². The van der Waals surface area contributed by atoms with Crippen molar-refractivity contribution >= 4 is 5.82 Å². The fourth-order valence-electron chi connectivity index (χ4n) is 2.30. The molecule has 0 radical (unpaired) electrons. The minimum Gasteiger partial charge on any atom is -0.379 e. The predicted octanol–water partition coefficient (Wildman–Crippen LogP) is 1.12. The van der Waals surface area contributed by atoms with Gasteiger partial charge in [0.15, 0.2) is 0 Å². The average molecular weight is 235 g/mol. The second-order valence-corrected chi connectivity index (χ2v) is 4.65. The minimum atomic E-state index is 0.460. The molecular weight excluding hydrogens is 214 g/mol. The second kappa shape index (κ2) is 5.47. The molecule has 2 rings (SSSR count). The van der Waals surface area contributed by atoms with Crippen LogP contribution in [-0.2, 0) is 11.2 Å². The van der Waals surface area contributed by atoms with Gasteiger partial charge in [-0.05, 0) is 37.4 Å². The summed E-state index contributed by atoms with van der Waals surface area (Å²) in [4.78, 5) is 6.79. The van der Waals surface area contributed by atoms with Gasteiger partial charge in [-0.25, -0.2) is 4.98 Å². The SMILES string of the molecule is Cc1cc(CCN)cnc1N(C)C1CCOC1. The summed E-state index contributed by atoms with van der Waals surface area (Å²) in [5.74, 6) is 1.06. The molecule has 0 spiro atoms. The minimum absolute atomic E-state index is 0.460. The highest BCUT2D eigenvalue weighted by atomic mass is 16.5. The summed E-state index contributed by atoms with van der Waals surface area (Å²) in [5.41, 5.74) is 7.98. The van der Waals surface area contributed by atoms with Crippen molar-refractivity contribution in [3.8, 4) is 0 Å². The Morgan fingerprint density at radius 2 is 2.41 bits per heavy atom. The van der Waals surface area contributed by atoms with E-state index in [4.69, 9.17) is 10.5 Å². The van der Waals surface area contributed by atoms with E-state index in [1.807, 2.05) is 6.20 Å². The lowest BCUT2D eigenvalue weighted by Crippen LogP contribution is -2.33. The molecule has 1 atom stereocenters. The predicted molar refractivity (Wildman–Crippen MR) is 69.4 cm³/mol. The molecule has 1 aliphatic rings. The summed E-state index contributed by atoms with van der Waals surface area (Å²) in [7, 11) is 2.09. The van der Waals surface area contributed by atoms with Crippen LogP contribution in [0.3, 0.4) is 0 Å². The van der Waals surface area contributed by atoms with Gasteiger partial charge in [-0.1, -0.05) is 6.07 Å². The van der Waals surface area contributed by atoms with Gasteiger partial charge in [0.1, 0.15) is 5.82 Å². The van der Waals surface area contributed by atoms with Crippen LogP contribution in [0.4, 0.5) is 5.82 Å². The van der Waals surface area contributed by atoms with Crippen LogP contribution in [0.5, 0.6) is 0 Å². The lowest BCUT2D eigenvalue weighted by atomic mass is 10.1. The van der Waals surface area contributed by atoms with Gasteiger partial charge in [-0.2, -0.15) is 0 Å². The van der Waals surface area contributed by atoms with Crippen molar-refractivity contribution in [2.75, 3.05) is 31.7 Å². The molecule has 0 aliphatic carbocycles. The van der Waals surface area contributed by atoms with Crippen LogP contribution in [0.2, 0.25) is 0 Å². The smallest absolute Gasteiger partial charge is 0.131 e. The fourth-order valence-corrected chi connectivity index (χ4v) is 2.30. The highest BCUT2D eigenvalue weighted by molar-refractivity contribution is 5.47. The van der Waals surface area contributed by atoms with E-state index < -0.39 is 0 Å². The fraction of sp³-hybridized carbons (Fsp3) is 0.615. The van der Waals surface area contributed by atoms with Crippen molar-refractivity contribution < 1.29 is 4.74 Å². The molecule has 1 aliphatic heterocycles. The maximum Gasteiger partial charge on any atom is 0.131 e. The van der Waals surface area contributed by atoms with E-state index in [2.05, 4.69) is 29.9 Å². The number of likely N-dealkylation sites (N-methyl/N-ethyl adjacent to an activating group) is 1. The number of hydrogen-bond acceptors (Lipinski definition) is 4. The van der Waals surface area contributed by atoms with Crippen LogP contribution in [0.25, 0.3) is 0 Å². The third kappa shape index (κ3) is 2.76. The van der Waals surface area contributed by atoms with E-state index in [0.29, 0.717) is 12.6 Å². The number of rotatable bonds is 4. The van der Waals surface area contributed by atoms with E-state index in [0.717, 1.165) is 31.9 Å². The van der Waals surface area contributed by atoms with E-state index in [9.17, 15) is 0 Å². The Bertz CT molecular complexity index is 375. The Labute approximate surface area is 103 Å². The molecule has 17 heavy (non-hydrogen) atoms. The maximum absolute atomic E-state index is 5.55. The van der Waals surface area contributed by atoms with Crippen LogP contribution < -0.4 is 10.6 Å². The Morgan fingerprint density at radius 1 is 1.59 bits per heavy atom. The zero-order valence-corrected chi connectivity index (χ0v) is 10.6. The van der Waals surface area contributed by atoms with E-state index >= 15 is 0 Å². The third-order valence-corrected chi connectivity index (χ3v) is 3.33. The number of anilines is 1.